The number of hydrogen-bond donors (Lipinski definition) is 1. The molecular weight excluding hydrogens is 406 g/mol. The van der Waals surface area contributed by atoms with Gasteiger partial charge in [0.25, 0.3) is 0 Å². The largest absolute Gasteiger partial charge is 0.496 e. The number of hydrogen-bond acceptors (Lipinski definition) is 4. The van der Waals surface area contributed by atoms with Crippen molar-refractivity contribution in [2.24, 2.45) is 0 Å². The van der Waals surface area contributed by atoms with Gasteiger partial charge in [0.15, 0.2) is 0 Å². The van der Waals surface area contributed by atoms with Crippen molar-refractivity contribution in [3.8, 4) is 5.75 Å². The molecule has 4 nitrogen and oxygen atoms in total. The fraction of sp³-hybridized carbons (Fsp3) is 0.318. The molecule has 1 aliphatic carbocycles. The average molecular weight is 430 g/mol. The first-order chi connectivity index (χ1) is 13.1. The molecule has 0 heterocycles. The summed E-state index contributed by atoms with van der Waals surface area (Å²) in [5.74, 6) is 0.522. The SMILES string of the molecule is COC(=O)/C=C/c1ccc2c(c1)CCC2NCCc1ccc(OC)c(Br)c1. The molecule has 0 aromatic heterocycles. The fourth-order valence-corrected chi connectivity index (χ4v) is 4.03. The Morgan fingerprint density at radius 3 is 2.85 bits per heavy atom. The van der Waals surface area contributed by atoms with Crippen molar-refractivity contribution in [1.82, 2.24) is 5.32 Å². The van der Waals surface area contributed by atoms with Crippen molar-refractivity contribution in [2.75, 3.05) is 20.8 Å². The maximum absolute atomic E-state index is 11.2. The molecule has 1 atom stereocenters. The van der Waals surface area contributed by atoms with Crippen molar-refractivity contribution in [2.45, 2.75) is 25.3 Å². The van der Waals surface area contributed by atoms with Gasteiger partial charge in [0, 0.05) is 12.1 Å². The first kappa shape index (κ1) is 19.6. The molecule has 0 saturated carbocycles. The first-order valence-electron chi connectivity index (χ1n) is 9.05. The predicted octanol–water partition coefficient (Wildman–Crippen LogP) is 4.46. The Morgan fingerprint density at radius 1 is 1.26 bits per heavy atom. The van der Waals surface area contributed by atoms with E-state index in [1.54, 1.807) is 13.2 Å². The monoisotopic (exact) mass is 429 g/mol. The van der Waals surface area contributed by atoms with E-state index in [4.69, 9.17) is 4.74 Å². The number of carbonyl (C=O) groups excluding carboxylic acids is 1. The van der Waals surface area contributed by atoms with Crippen LogP contribution in [0.1, 0.15) is 34.7 Å². The highest BCUT2D eigenvalue weighted by atomic mass is 79.9. The van der Waals surface area contributed by atoms with E-state index in [9.17, 15) is 4.79 Å². The minimum absolute atomic E-state index is 0.333. The van der Waals surface area contributed by atoms with Crippen LogP contribution in [0.2, 0.25) is 0 Å². The molecule has 0 saturated heterocycles. The number of fused-ring (bicyclic) bond motifs is 1. The molecule has 0 bridgehead atoms. The highest BCUT2D eigenvalue weighted by Gasteiger charge is 2.21. The summed E-state index contributed by atoms with van der Waals surface area (Å²) < 4.78 is 10.9. The summed E-state index contributed by atoms with van der Waals surface area (Å²) in [6.45, 7) is 0.923. The van der Waals surface area contributed by atoms with Gasteiger partial charge in [0.1, 0.15) is 5.75 Å². The van der Waals surface area contributed by atoms with Gasteiger partial charge in [-0.3, -0.25) is 0 Å². The molecule has 0 radical (unpaired) electrons. The molecule has 1 unspecified atom stereocenters. The Morgan fingerprint density at radius 2 is 2.11 bits per heavy atom. The Kier molecular flexibility index (Phi) is 6.69. The summed E-state index contributed by atoms with van der Waals surface area (Å²) in [5, 5.41) is 3.67. The van der Waals surface area contributed by atoms with Crippen LogP contribution in [0.4, 0.5) is 0 Å². The zero-order chi connectivity index (χ0) is 19.2. The second-order valence-electron chi connectivity index (χ2n) is 6.58. The number of esters is 1. The number of aryl methyl sites for hydroxylation is 1. The smallest absolute Gasteiger partial charge is 0.330 e. The van der Waals surface area contributed by atoms with E-state index < -0.39 is 0 Å². The topological polar surface area (TPSA) is 47.6 Å². The summed E-state index contributed by atoms with van der Waals surface area (Å²) in [5.41, 5.74) is 5.02. The van der Waals surface area contributed by atoms with E-state index in [0.717, 1.165) is 41.6 Å². The van der Waals surface area contributed by atoms with Gasteiger partial charge in [-0.25, -0.2) is 4.79 Å². The zero-order valence-corrected chi connectivity index (χ0v) is 17.2. The molecule has 142 valence electrons. The number of rotatable bonds is 7. The van der Waals surface area contributed by atoms with Crippen molar-refractivity contribution < 1.29 is 14.3 Å². The lowest BCUT2D eigenvalue weighted by Gasteiger charge is -2.14. The highest BCUT2D eigenvalue weighted by molar-refractivity contribution is 9.10. The Hall–Kier alpha value is -2.11. The zero-order valence-electron chi connectivity index (χ0n) is 15.6. The molecule has 5 heteroatoms. The van der Waals surface area contributed by atoms with Crippen LogP contribution in [-0.2, 0) is 22.4 Å². The van der Waals surface area contributed by atoms with Gasteiger partial charge < -0.3 is 14.8 Å². The van der Waals surface area contributed by atoms with Crippen molar-refractivity contribution in [1.29, 1.82) is 0 Å². The van der Waals surface area contributed by atoms with Gasteiger partial charge in [-0.2, -0.15) is 0 Å². The maximum Gasteiger partial charge on any atom is 0.330 e. The van der Waals surface area contributed by atoms with Gasteiger partial charge in [-0.05, 0) is 82.2 Å². The number of benzene rings is 2. The Labute approximate surface area is 168 Å². The fourth-order valence-electron chi connectivity index (χ4n) is 3.44. The van der Waals surface area contributed by atoms with E-state index in [0.29, 0.717) is 6.04 Å². The minimum Gasteiger partial charge on any atom is -0.496 e. The molecule has 27 heavy (non-hydrogen) atoms. The van der Waals surface area contributed by atoms with Gasteiger partial charge in [0.05, 0.1) is 18.7 Å². The number of halogens is 1. The number of nitrogens with one attached hydrogen (secondary N) is 1. The first-order valence-corrected chi connectivity index (χ1v) is 9.84. The third-order valence-corrected chi connectivity index (χ3v) is 5.50. The summed E-state index contributed by atoms with van der Waals surface area (Å²) in [7, 11) is 3.06. The molecule has 0 amide bonds. The van der Waals surface area contributed by atoms with E-state index >= 15 is 0 Å². The molecule has 2 aromatic carbocycles. The minimum atomic E-state index is -0.333. The van der Waals surface area contributed by atoms with Crippen LogP contribution < -0.4 is 10.1 Å². The summed E-state index contributed by atoms with van der Waals surface area (Å²) in [6, 6.07) is 13.0. The third kappa shape index (κ3) is 4.99. The standard InChI is InChI=1S/C22H24BrNO3/c1-26-21-9-4-16(14-19(21)23)11-12-24-20-8-6-17-13-15(3-7-18(17)20)5-10-22(25)27-2/h3-5,7,9-10,13-14,20,24H,6,8,11-12H2,1-2H3/b10-5+. The van der Waals surface area contributed by atoms with Crippen molar-refractivity contribution in [3.63, 3.8) is 0 Å². The van der Waals surface area contributed by atoms with Crippen LogP contribution in [0.5, 0.6) is 5.75 Å². The second kappa shape index (κ2) is 9.20. The van der Waals surface area contributed by atoms with Crippen LogP contribution >= 0.6 is 15.9 Å². The van der Waals surface area contributed by atoms with Crippen LogP contribution in [0.25, 0.3) is 6.08 Å². The van der Waals surface area contributed by atoms with Crippen LogP contribution in [0, 0.1) is 0 Å². The second-order valence-corrected chi connectivity index (χ2v) is 7.43. The summed E-state index contributed by atoms with van der Waals surface area (Å²) in [6.07, 6.45) is 6.38. The normalized spacial score (nSPS) is 15.7. The average Bonchev–Trinajstić information content (AvgIpc) is 3.08. The van der Waals surface area contributed by atoms with Gasteiger partial charge in [0.2, 0.25) is 0 Å². The third-order valence-electron chi connectivity index (χ3n) is 4.88. The van der Waals surface area contributed by atoms with Crippen molar-refractivity contribution in [3.05, 3.63) is 69.2 Å². The molecule has 0 aliphatic heterocycles. The maximum atomic E-state index is 11.2. The number of methoxy groups -OCH3 is 2. The lowest BCUT2D eigenvalue weighted by molar-refractivity contribution is -0.134. The van der Waals surface area contributed by atoms with E-state index in [1.807, 2.05) is 6.07 Å². The molecule has 2 aromatic rings. The van der Waals surface area contributed by atoms with E-state index in [-0.39, 0.29) is 5.97 Å². The van der Waals surface area contributed by atoms with Gasteiger partial charge >= 0.3 is 5.97 Å². The van der Waals surface area contributed by atoms with Crippen LogP contribution in [-0.4, -0.2) is 26.7 Å². The van der Waals surface area contributed by atoms with Crippen LogP contribution in [0.15, 0.2) is 46.9 Å². The summed E-state index contributed by atoms with van der Waals surface area (Å²) in [4.78, 5) is 11.2. The van der Waals surface area contributed by atoms with E-state index in [2.05, 4.69) is 56.3 Å². The predicted molar refractivity (Wildman–Crippen MR) is 111 cm³/mol. The van der Waals surface area contributed by atoms with Crippen molar-refractivity contribution >= 4 is 28.0 Å². The van der Waals surface area contributed by atoms with Crippen LogP contribution in [0.3, 0.4) is 0 Å². The highest BCUT2D eigenvalue weighted by Crippen LogP contribution is 2.32. The molecule has 0 spiro atoms. The molecular formula is C22H24BrNO3. The van der Waals surface area contributed by atoms with Gasteiger partial charge in [-0.1, -0.05) is 24.3 Å². The van der Waals surface area contributed by atoms with Gasteiger partial charge in [-0.15, -0.1) is 0 Å². The van der Waals surface area contributed by atoms with E-state index in [1.165, 1.54) is 29.9 Å². The summed E-state index contributed by atoms with van der Waals surface area (Å²) >= 11 is 3.54. The Bertz CT molecular complexity index is 847. The molecule has 0 fully saturated rings. The lowest BCUT2D eigenvalue weighted by atomic mass is 10.0. The lowest BCUT2D eigenvalue weighted by Crippen LogP contribution is -2.21. The number of ether oxygens (including phenoxy) is 2. The molecule has 1 aliphatic rings. The molecule has 3 rings (SSSR count). The quantitative estimate of drug-likeness (QED) is 0.521. The Balaban J connectivity index is 1.57. The number of carbonyl (C=O) groups is 1. The molecule has 1 N–H and O–H groups in total.